The molecule has 0 saturated heterocycles. The third-order valence-electron chi connectivity index (χ3n) is 2.97. The average molecular weight is 280 g/mol. The lowest BCUT2D eigenvalue weighted by Crippen LogP contribution is -2.32. The molecule has 2 aromatic rings. The van der Waals surface area contributed by atoms with Crippen LogP contribution in [0.4, 0.5) is 0 Å². The number of halogens is 1. The van der Waals surface area contributed by atoms with Crippen molar-refractivity contribution in [2.45, 2.75) is 32.4 Å². The SMILES string of the molecule is CC(C)n1ncc(Cl)c1C(Cc1cccnc1)NN. The highest BCUT2D eigenvalue weighted by Crippen LogP contribution is 2.27. The van der Waals surface area contributed by atoms with Crippen molar-refractivity contribution >= 4 is 11.6 Å². The summed E-state index contributed by atoms with van der Waals surface area (Å²) in [5.41, 5.74) is 4.82. The van der Waals surface area contributed by atoms with Gasteiger partial charge in [-0.2, -0.15) is 5.10 Å². The van der Waals surface area contributed by atoms with Crippen molar-refractivity contribution in [3.05, 3.63) is 47.0 Å². The smallest absolute Gasteiger partial charge is 0.0834 e. The number of nitrogens with one attached hydrogen (secondary N) is 1. The molecule has 0 spiro atoms. The lowest BCUT2D eigenvalue weighted by molar-refractivity contribution is 0.447. The Morgan fingerprint density at radius 3 is 2.79 bits per heavy atom. The summed E-state index contributed by atoms with van der Waals surface area (Å²) in [6.07, 6.45) is 5.95. The Bertz CT molecular complexity index is 523. The van der Waals surface area contributed by atoms with Gasteiger partial charge in [-0.3, -0.25) is 20.9 Å². The molecule has 6 heteroatoms. The van der Waals surface area contributed by atoms with E-state index in [4.69, 9.17) is 17.4 Å². The summed E-state index contributed by atoms with van der Waals surface area (Å²) in [6.45, 7) is 4.12. The van der Waals surface area contributed by atoms with Gasteiger partial charge in [0.25, 0.3) is 0 Å². The van der Waals surface area contributed by atoms with E-state index in [0.29, 0.717) is 11.4 Å². The van der Waals surface area contributed by atoms with E-state index in [1.165, 1.54) is 0 Å². The molecule has 1 unspecified atom stereocenters. The first-order valence-electron chi connectivity index (χ1n) is 6.21. The van der Waals surface area contributed by atoms with Gasteiger partial charge in [0.2, 0.25) is 0 Å². The fraction of sp³-hybridized carbons (Fsp3) is 0.385. The Morgan fingerprint density at radius 1 is 1.42 bits per heavy atom. The number of rotatable bonds is 5. The monoisotopic (exact) mass is 279 g/mol. The lowest BCUT2D eigenvalue weighted by atomic mass is 10.1. The zero-order chi connectivity index (χ0) is 13.8. The molecule has 0 saturated carbocycles. The minimum atomic E-state index is -0.0957. The van der Waals surface area contributed by atoms with E-state index in [9.17, 15) is 0 Å². The van der Waals surface area contributed by atoms with Gasteiger partial charge in [-0.15, -0.1) is 0 Å². The fourth-order valence-corrected chi connectivity index (χ4v) is 2.34. The van der Waals surface area contributed by atoms with Crippen molar-refractivity contribution in [3.63, 3.8) is 0 Å². The Morgan fingerprint density at radius 2 is 2.21 bits per heavy atom. The molecule has 2 rings (SSSR count). The second kappa shape index (κ2) is 6.14. The van der Waals surface area contributed by atoms with Crippen LogP contribution in [0.2, 0.25) is 5.02 Å². The van der Waals surface area contributed by atoms with Crippen molar-refractivity contribution in [3.8, 4) is 0 Å². The normalized spacial score (nSPS) is 12.9. The van der Waals surface area contributed by atoms with Crippen molar-refractivity contribution < 1.29 is 0 Å². The predicted octanol–water partition coefficient (Wildman–Crippen LogP) is 2.26. The summed E-state index contributed by atoms with van der Waals surface area (Å²) >= 11 is 6.23. The average Bonchev–Trinajstić information content (AvgIpc) is 2.79. The van der Waals surface area contributed by atoms with E-state index < -0.39 is 0 Å². The molecule has 5 nitrogen and oxygen atoms in total. The number of aromatic nitrogens is 3. The van der Waals surface area contributed by atoms with Gasteiger partial charge < -0.3 is 0 Å². The van der Waals surface area contributed by atoms with Crippen LogP contribution >= 0.6 is 11.6 Å². The molecule has 0 fully saturated rings. The maximum Gasteiger partial charge on any atom is 0.0834 e. The summed E-state index contributed by atoms with van der Waals surface area (Å²) in [7, 11) is 0. The first kappa shape index (κ1) is 14.0. The number of hydrazine groups is 1. The maximum atomic E-state index is 6.23. The van der Waals surface area contributed by atoms with Crippen molar-refractivity contribution in [2.24, 2.45) is 5.84 Å². The van der Waals surface area contributed by atoms with Crippen LogP contribution in [0.25, 0.3) is 0 Å². The van der Waals surface area contributed by atoms with Crippen LogP contribution in [0.3, 0.4) is 0 Å². The van der Waals surface area contributed by atoms with E-state index >= 15 is 0 Å². The van der Waals surface area contributed by atoms with E-state index in [-0.39, 0.29) is 12.1 Å². The predicted molar refractivity (Wildman–Crippen MR) is 75.6 cm³/mol. The molecule has 0 radical (unpaired) electrons. The van der Waals surface area contributed by atoms with Gasteiger partial charge in [0, 0.05) is 18.4 Å². The zero-order valence-electron chi connectivity index (χ0n) is 11.0. The van der Waals surface area contributed by atoms with Crippen LogP contribution < -0.4 is 11.3 Å². The van der Waals surface area contributed by atoms with Crippen molar-refractivity contribution in [2.75, 3.05) is 0 Å². The van der Waals surface area contributed by atoms with Crippen LogP contribution in [0.1, 0.15) is 37.2 Å². The Balaban J connectivity index is 2.29. The van der Waals surface area contributed by atoms with Gasteiger partial charge >= 0.3 is 0 Å². The minimum Gasteiger partial charge on any atom is -0.271 e. The molecule has 0 aromatic carbocycles. The third kappa shape index (κ3) is 3.12. The lowest BCUT2D eigenvalue weighted by Gasteiger charge is -2.20. The standard InChI is InChI=1S/C13H18ClN5/c1-9(2)19-13(11(14)8-17-19)12(18-15)6-10-4-3-5-16-7-10/h3-5,7-9,12,18H,6,15H2,1-2H3. The molecule has 0 bridgehead atoms. The Hall–Kier alpha value is -1.43. The van der Waals surface area contributed by atoms with E-state index in [1.54, 1.807) is 12.4 Å². The molecule has 0 aliphatic heterocycles. The van der Waals surface area contributed by atoms with Crippen molar-refractivity contribution in [1.29, 1.82) is 0 Å². The van der Waals surface area contributed by atoms with E-state index in [1.807, 2.05) is 23.0 Å². The number of hydrogen-bond acceptors (Lipinski definition) is 4. The van der Waals surface area contributed by atoms with Gasteiger partial charge in [0.1, 0.15) is 0 Å². The third-order valence-corrected chi connectivity index (χ3v) is 3.26. The molecular weight excluding hydrogens is 262 g/mol. The van der Waals surface area contributed by atoms with Crippen LogP contribution in [0.15, 0.2) is 30.7 Å². The van der Waals surface area contributed by atoms with Gasteiger partial charge in [-0.1, -0.05) is 17.7 Å². The number of nitrogens with zero attached hydrogens (tertiary/aromatic N) is 3. The molecule has 0 aliphatic carbocycles. The van der Waals surface area contributed by atoms with Gasteiger partial charge in [-0.25, -0.2) is 0 Å². The highest BCUT2D eigenvalue weighted by Gasteiger charge is 2.21. The molecular formula is C13H18ClN5. The molecule has 1 atom stereocenters. The van der Waals surface area contributed by atoms with Crippen LogP contribution in [-0.4, -0.2) is 14.8 Å². The highest BCUT2D eigenvalue weighted by molar-refractivity contribution is 6.31. The summed E-state index contributed by atoms with van der Waals surface area (Å²) in [4.78, 5) is 4.11. The Labute approximate surface area is 117 Å². The van der Waals surface area contributed by atoms with E-state index in [2.05, 4.69) is 29.4 Å². The Kier molecular flexibility index (Phi) is 4.52. The molecule has 3 N–H and O–H groups in total. The minimum absolute atomic E-state index is 0.0957. The second-order valence-electron chi connectivity index (χ2n) is 4.70. The first-order chi connectivity index (χ1) is 9.13. The second-order valence-corrected chi connectivity index (χ2v) is 5.11. The van der Waals surface area contributed by atoms with Gasteiger partial charge in [-0.05, 0) is 31.9 Å². The topological polar surface area (TPSA) is 68.8 Å². The number of nitrogens with two attached hydrogens (primary N) is 1. The summed E-state index contributed by atoms with van der Waals surface area (Å²) < 4.78 is 1.89. The summed E-state index contributed by atoms with van der Waals surface area (Å²) in [6, 6.07) is 4.06. The first-order valence-corrected chi connectivity index (χ1v) is 6.59. The zero-order valence-corrected chi connectivity index (χ0v) is 11.8. The van der Waals surface area contributed by atoms with E-state index in [0.717, 1.165) is 11.3 Å². The van der Waals surface area contributed by atoms with Crippen LogP contribution in [-0.2, 0) is 6.42 Å². The quantitative estimate of drug-likeness (QED) is 0.651. The molecule has 2 aromatic heterocycles. The maximum absolute atomic E-state index is 6.23. The van der Waals surface area contributed by atoms with Crippen molar-refractivity contribution in [1.82, 2.24) is 20.2 Å². The molecule has 0 aliphatic rings. The molecule has 19 heavy (non-hydrogen) atoms. The van der Waals surface area contributed by atoms with Crippen LogP contribution in [0.5, 0.6) is 0 Å². The number of hydrogen-bond donors (Lipinski definition) is 2. The molecule has 102 valence electrons. The molecule has 2 heterocycles. The fourth-order valence-electron chi connectivity index (χ4n) is 2.08. The van der Waals surface area contributed by atoms with Crippen LogP contribution in [0, 0.1) is 0 Å². The highest BCUT2D eigenvalue weighted by atomic mass is 35.5. The number of pyridine rings is 1. The largest absolute Gasteiger partial charge is 0.271 e. The summed E-state index contributed by atoms with van der Waals surface area (Å²) in [5, 5.41) is 4.92. The van der Waals surface area contributed by atoms with Gasteiger partial charge in [0.05, 0.1) is 23.0 Å². The van der Waals surface area contributed by atoms with Gasteiger partial charge in [0.15, 0.2) is 0 Å². The summed E-state index contributed by atoms with van der Waals surface area (Å²) in [5.74, 6) is 5.68. The molecule has 0 amide bonds.